The number of amidine groups is 1. The summed E-state index contributed by atoms with van der Waals surface area (Å²) in [6, 6.07) is 10.3. The van der Waals surface area contributed by atoms with Gasteiger partial charge in [-0.1, -0.05) is 23.7 Å². The monoisotopic (exact) mass is 521 g/mol. The summed E-state index contributed by atoms with van der Waals surface area (Å²) in [5.41, 5.74) is 9.24. The summed E-state index contributed by atoms with van der Waals surface area (Å²) in [5, 5.41) is 10.4. The Kier molecular flexibility index (Phi) is 5.57. The van der Waals surface area contributed by atoms with E-state index in [0.717, 1.165) is 30.3 Å². The Hall–Kier alpha value is -3.63. The van der Waals surface area contributed by atoms with Gasteiger partial charge in [-0.3, -0.25) is 15.2 Å². The van der Waals surface area contributed by atoms with Gasteiger partial charge in [0.1, 0.15) is 29.2 Å². The average molecular weight is 522 g/mol. The van der Waals surface area contributed by atoms with Gasteiger partial charge < -0.3 is 15.6 Å². The third kappa shape index (κ3) is 3.68. The van der Waals surface area contributed by atoms with E-state index in [1.165, 1.54) is 17.4 Å². The highest BCUT2D eigenvalue weighted by Gasteiger charge is 2.41. The number of hydrogen-bond donors (Lipinski definition) is 3. The van der Waals surface area contributed by atoms with Crippen LogP contribution in [0.2, 0.25) is 4.34 Å². The molecule has 1 aromatic carbocycles. The number of nitrogens with two attached hydrogens (primary N) is 1. The van der Waals surface area contributed by atoms with Gasteiger partial charge in [0.05, 0.1) is 26.5 Å². The molecule has 1 saturated carbocycles. The normalized spacial score (nSPS) is 20.9. The number of pyridine rings is 1. The first kappa shape index (κ1) is 22.8. The number of benzene rings is 1. The maximum absolute atomic E-state index is 15.2. The Labute approximate surface area is 214 Å². The molecular weight excluding hydrogens is 501 g/mol. The van der Waals surface area contributed by atoms with Gasteiger partial charge in [0, 0.05) is 18.0 Å². The van der Waals surface area contributed by atoms with Crippen molar-refractivity contribution in [2.45, 2.75) is 37.3 Å². The molecule has 4 heterocycles. The SMILES string of the molecule is N=CN=C(N)c1cc2c(cn1)nc1n2[C@H]2C[C@@H](NC(=O)c3ccc(Cl)s3)CCC2c2cccc(F)c2-1. The van der Waals surface area contributed by atoms with Crippen molar-refractivity contribution in [3.8, 4) is 11.4 Å². The summed E-state index contributed by atoms with van der Waals surface area (Å²) in [5.74, 6) is 0.262. The molecule has 11 heteroatoms. The second-order valence-electron chi connectivity index (χ2n) is 8.97. The maximum Gasteiger partial charge on any atom is 0.261 e. The number of carbonyl (C=O) groups excluding carboxylic acids is 1. The molecule has 3 atom stereocenters. The fourth-order valence-electron chi connectivity index (χ4n) is 5.49. The number of rotatable bonds is 4. The zero-order chi connectivity index (χ0) is 25.0. The van der Waals surface area contributed by atoms with Crippen LogP contribution in [0.1, 0.15) is 52.2 Å². The predicted octanol–water partition coefficient (Wildman–Crippen LogP) is 4.89. The molecule has 0 saturated heterocycles. The average Bonchev–Trinajstić information content (AvgIpc) is 3.47. The van der Waals surface area contributed by atoms with Gasteiger partial charge in [0.15, 0.2) is 5.84 Å². The Morgan fingerprint density at radius 2 is 2.19 bits per heavy atom. The molecule has 36 heavy (non-hydrogen) atoms. The van der Waals surface area contributed by atoms with Crippen LogP contribution in [0.25, 0.3) is 22.4 Å². The zero-order valence-corrected chi connectivity index (χ0v) is 20.5. The maximum atomic E-state index is 15.2. The largest absolute Gasteiger partial charge is 0.382 e. The van der Waals surface area contributed by atoms with Crippen LogP contribution in [-0.2, 0) is 0 Å². The standard InChI is InChI=1S/C25H21ClFN7OS/c26-21-7-6-20(36-21)25(35)32-12-4-5-13-14-2-1-3-15(27)22(14)24-33-17-10-30-16(23(29)31-11-28)9-19(17)34(24)18(13)8-12/h1-3,6-7,9-13,18H,4-5,8H2,(H,32,35)(H3,28,29,31)/t12-,13?,18-/m0/s1. The zero-order valence-electron chi connectivity index (χ0n) is 18.9. The fourth-order valence-corrected chi connectivity index (χ4v) is 6.44. The van der Waals surface area contributed by atoms with Crippen LogP contribution in [-0.4, -0.2) is 38.7 Å². The summed E-state index contributed by atoms with van der Waals surface area (Å²) < 4.78 is 17.8. The number of aromatic nitrogens is 3. The molecule has 1 unspecified atom stereocenters. The number of carbonyl (C=O) groups is 1. The van der Waals surface area contributed by atoms with Crippen molar-refractivity contribution in [1.82, 2.24) is 19.9 Å². The molecule has 1 fully saturated rings. The van der Waals surface area contributed by atoms with Gasteiger partial charge >= 0.3 is 0 Å². The lowest BCUT2D eigenvalue weighted by Gasteiger charge is -2.42. The number of halogens is 2. The van der Waals surface area contributed by atoms with Gasteiger partial charge in [0.2, 0.25) is 0 Å². The van der Waals surface area contributed by atoms with Crippen molar-refractivity contribution in [1.29, 1.82) is 5.41 Å². The highest BCUT2D eigenvalue weighted by atomic mass is 35.5. The number of fused-ring (bicyclic) bond motifs is 8. The number of nitrogens with zero attached hydrogens (tertiary/aromatic N) is 4. The Morgan fingerprint density at radius 3 is 2.97 bits per heavy atom. The molecule has 1 aliphatic heterocycles. The van der Waals surface area contributed by atoms with E-state index in [-0.39, 0.29) is 35.6 Å². The van der Waals surface area contributed by atoms with Gasteiger partial charge in [-0.25, -0.2) is 14.4 Å². The van der Waals surface area contributed by atoms with Gasteiger partial charge in [-0.2, -0.15) is 0 Å². The molecule has 4 aromatic rings. The molecule has 6 rings (SSSR count). The number of hydrogen-bond acceptors (Lipinski definition) is 5. The quantitative estimate of drug-likeness (QED) is 0.261. The Bertz CT molecular complexity index is 1560. The first-order valence-electron chi connectivity index (χ1n) is 11.5. The van der Waals surface area contributed by atoms with Crippen LogP contribution < -0.4 is 11.1 Å². The second-order valence-corrected chi connectivity index (χ2v) is 10.7. The lowest BCUT2D eigenvalue weighted by atomic mass is 9.74. The lowest BCUT2D eigenvalue weighted by molar-refractivity contribution is 0.0920. The third-order valence-electron chi connectivity index (χ3n) is 6.99. The lowest BCUT2D eigenvalue weighted by Crippen LogP contribution is -2.42. The van der Waals surface area contributed by atoms with Crippen molar-refractivity contribution in [3.63, 3.8) is 0 Å². The molecule has 3 aromatic heterocycles. The molecule has 8 nitrogen and oxygen atoms in total. The van der Waals surface area contributed by atoms with Crippen LogP contribution in [0.5, 0.6) is 0 Å². The van der Waals surface area contributed by atoms with Crippen LogP contribution in [0.3, 0.4) is 0 Å². The van der Waals surface area contributed by atoms with E-state index in [0.29, 0.717) is 38.2 Å². The van der Waals surface area contributed by atoms with Gasteiger partial charge in [-0.15, -0.1) is 11.3 Å². The third-order valence-corrected chi connectivity index (χ3v) is 8.22. The summed E-state index contributed by atoms with van der Waals surface area (Å²) in [6.07, 6.45) is 4.68. The molecule has 182 valence electrons. The summed E-state index contributed by atoms with van der Waals surface area (Å²) >= 11 is 7.27. The van der Waals surface area contributed by atoms with E-state index in [1.807, 2.05) is 6.07 Å². The fraction of sp³-hybridized carbons (Fsp3) is 0.240. The van der Waals surface area contributed by atoms with Crippen LogP contribution in [0.4, 0.5) is 4.39 Å². The molecular formula is C25H21ClFN7OS. The number of amides is 1. The minimum absolute atomic E-state index is 0.0542. The first-order valence-corrected chi connectivity index (χ1v) is 12.7. The molecule has 1 aliphatic carbocycles. The van der Waals surface area contributed by atoms with E-state index < -0.39 is 0 Å². The van der Waals surface area contributed by atoms with Gasteiger partial charge in [-0.05, 0) is 49.1 Å². The van der Waals surface area contributed by atoms with Crippen molar-refractivity contribution in [3.05, 3.63) is 68.9 Å². The number of thiophene rings is 1. The Balaban J connectivity index is 1.44. The minimum Gasteiger partial charge on any atom is -0.382 e. The summed E-state index contributed by atoms with van der Waals surface area (Å²) in [6.45, 7) is 0. The number of nitrogens with one attached hydrogen (secondary N) is 2. The molecule has 0 radical (unpaired) electrons. The van der Waals surface area contributed by atoms with Crippen LogP contribution in [0.15, 0.2) is 47.6 Å². The van der Waals surface area contributed by atoms with E-state index in [2.05, 4.69) is 19.9 Å². The second kappa shape index (κ2) is 8.79. The molecule has 4 N–H and O–H groups in total. The number of imidazole rings is 1. The van der Waals surface area contributed by atoms with E-state index in [1.54, 1.807) is 30.5 Å². The smallest absolute Gasteiger partial charge is 0.261 e. The van der Waals surface area contributed by atoms with Crippen LogP contribution in [0, 0.1) is 11.2 Å². The van der Waals surface area contributed by atoms with Crippen molar-refractivity contribution in [2.75, 3.05) is 0 Å². The molecule has 0 bridgehead atoms. The highest BCUT2D eigenvalue weighted by Crippen LogP contribution is 2.51. The number of aliphatic imine (C=N–C) groups is 1. The first-order chi connectivity index (χ1) is 17.4. The van der Waals surface area contributed by atoms with E-state index in [4.69, 9.17) is 27.7 Å². The summed E-state index contributed by atoms with van der Waals surface area (Å²) in [7, 11) is 0. The molecule has 2 aliphatic rings. The van der Waals surface area contributed by atoms with E-state index >= 15 is 4.39 Å². The van der Waals surface area contributed by atoms with Gasteiger partial charge in [0.25, 0.3) is 5.91 Å². The van der Waals surface area contributed by atoms with E-state index in [9.17, 15) is 4.79 Å². The highest BCUT2D eigenvalue weighted by molar-refractivity contribution is 7.18. The molecule has 1 amide bonds. The van der Waals surface area contributed by atoms with Crippen molar-refractivity contribution >= 4 is 52.1 Å². The topological polar surface area (TPSA) is 122 Å². The van der Waals surface area contributed by atoms with Crippen molar-refractivity contribution in [2.24, 2.45) is 10.7 Å². The van der Waals surface area contributed by atoms with Crippen molar-refractivity contribution < 1.29 is 9.18 Å². The molecule has 0 spiro atoms. The summed E-state index contributed by atoms with van der Waals surface area (Å²) in [4.78, 5) is 26.4. The predicted molar refractivity (Wildman–Crippen MR) is 139 cm³/mol. The minimum atomic E-state index is -0.314. The van der Waals surface area contributed by atoms with Crippen LogP contribution >= 0.6 is 22.9 Å². The Morgan fingerprint density at radius 1 is 1.33 bits per heavy atom.